The second-order valence-corrected chi connectivity index (χ2v) is 3.49. The first kappa shape index (κ1) is 7.67. The van der Waals surface area contributed by atoms with Crippen molar-refractivity contribution in [1.82, 2.24) is 15.1 Å². The van der Waals surface area contributed by atoms with Gasteiger partial charge >= 0.3 is 0 Å². The fourth-order valence-corrected chi connectivity index (χ4v) is 1.40. The number of hydrogen-bond donors (Lipinski definition) is 0. The molecule has 4 nitrogen and oxygen atoms in total. The minimum absolute atomic E-state index is 0.647. The Morgan fingerprint density at radius 3 is 2.64 bits per heavy atom. The Bertz CT molecular complexity index is 417. The molecule has 3 rings (SSSR count). The highest BCUT2D eigenvalue weighted by atomic mass is 16.5. The molecule has 0 aliphatic heterocycles. The van der Waals surface area contributed by atoms with Crippen molar-refractivity contribution in [3.63, 3.8) is 0 Å². The van der Waals surface area contributed by atoms with Crippen LogP contribution in [0.3, 0.4) is 0 Å². The van der Waals surface area contributed by atoms with Crippen LogP contribution in [0.2, 0.25) is 0 Å². The van der Waals surface area contributed by atoms with Crippen LogP contribution in [-0.4, -0.2) is 15.1 Å². The molecular weight excluding hydrogens is 178 g/mol. The number of aromatic nitrogens is 3. The summed E-state index contributed by atoms with van der Waals surface area (Å²) in [5, 5.41) is 3.80. The minimum atomic E-state index is 0.647. The van der Waals surface area contributed by atoms with Gasteiger partial charge in [-0.25, -0.2) is 0 Å². The van der Waals surface area contributed by atoms with Crippen molar-refractivity contribution >= 4 is 0 Å². The quantitative estimate of drug-likeness (QED) is 0.721. The van der Waals surface area contributed by atoms with Crippen molar-refractivity contribution in [2.75, 3.05) is 0 Å². The average molecular weight is 187 g/mol. The van der Waals surface area contributed by atoms with Crippen LogP contribution in [0.25, 0.3) is 11.4 Å². The highest BCUT2D eigenvalue weighted by molar-refractivity contribution is 5.50. The maximum atomic E-state index is 4.74. The Balaban J connectivity index is 1.93. The largest absolute Gasteiger partial charge is 0.364 e. The Morgan fingerprint density at radius 1 is 1.14 bits per heavy atom. The van der Waals surface area contributed by atoms with E-state index in [-0.39, 0.29) is 0 Å². The summed E-state index contributed by atoms with van der Waals surface area (Å²) in [6.45, 7) is 0. The van der Waals surface area contributed by atoms with Gasteiger partial charge in [0.1, 0.15) is 17.7 Å². The van der Waals surface area contributed by atoms with Gasteiger partial charge < -0.3 is 4.52 Å². The zero-order valence-corrected chi connectivity index (χ0v) is 7.55. The van der Waals surface area contributed by atoms with Gasteiger partial charge in [0.25, 0.3) is 0 Å². The third kappa shape index (κ3) is 1.28. The molecule has 0 radical (unpaired) electrons. The topological polar surface area (TPSA) is 51.8 Å². The zero-order valence-electron chi connectivity index (χ0n) is 7.55. The van der Waals surface area contributed by atoms with Gasteiger partial charge in [-0.3, -0.25) is 9.97 Å². The average Bonchev–Trinajstić information content (AvgIpc) is 2.94. The van der Waals surface area contributed by atoms with Crippen molar-refractivity contribution in [2.45, 2.75) is 18.8 Å². The lowest BCUT2D eigenvalue weighted by atomic mass is 10.3. The number of rotatable bonds is 2. The standard InChI is InChI=1S/C10H9N3O/c1-2-7(1)9-5-12-10(6-11-9)8-3-4-14-13-8/h3-7H,1-2H2. The minimum Gasteiger partial charge on any atom is -0.364 e. The smallest absolute Gasteiger partial charge is 0.133 e. The van der Waals surface area contributed by atoms with Crippen LogP contribution in [-0.2, 0) is 0 Å². The van der Waals surface area contributed by atoms with Gasteiger partial charge in [-0.1, -0.05) is 5.16 Å². The van der Waals surface area contributed by atoms with E-state index >= 15 is 0 Å². The summed E-state index contributed by atoms with van der Waals surface area (Å²) in [5.74, 6) is 0.647. The molecule has 1 aliphatic rings. The molecule has 0 aromatic carbocycles. The van der Waals surface area contributed by atoms with Gasteiger partial charge in [-0.05, 0) is 12.8 Å². The molecule has 0 unspecified atom stereocenters. The SMILES string of the molecule is c1cc(-c2cnc(C3CC3)cn2)no1. The normalized spacial score (nSPS) is 15.7. The first-order chi connectivity index (χ1) is 6.93. The third-order valence-electron chi connectivity index (χ3n) is 2.37. The molecule has 1 aliphatic carbocycles. The molecule has 0 bridgehead atoms. The first-order valence-corrected chi connectivity index (χ1v) is 4.66. The van der Waals surface area contributed by atoms with Crippen LogP contribution >= 0.6 is 0 Å². The lowest BCUT2D eigenvalue weighted by Crippen LogP contribution is -1.90. The van der Waals surface area contributed by atoms with Gasteiger partial charge in [0.15, 0.2) is 0 Å². The summed E-state index contributed by atoms with van der Waals surface area (Å²) in [4.78, 5) is 8.65. The summed E-state index contributed by atoms with van der Waals surface area (Å²) in [6.07, 6.45) is 7.62. The predicted octanol–water partition coefficient (Wildman–Crippen LogP) is 2.01. The van der Waals surface area contributed by atoms with Crippen molar-refractivity contribution in [3.05, 3.63) is 30.4 Å². The number of nitrogens with zero attached hydrogens (tertiary/aromatic N) is 3. The molecule has 2 aromatic heterocycles. The van der Waals surface area contributed by atoms with E-state index in [4.69, 9.17) is 4.52 Å². The highest BCUT2D eigenvalue weighted by Crippen LogP contribution is 2.38. The molecule has 4 heteroatoms. The fourth-order valence-electron chi connectivity index (χ4n) is 1.40. The summed E-state index contributed by atoms with van der Waals surface area (Å²) >= 11 is 0. The summed E-state index contributed by atoms with van der Waals surface area (Å²) in [7, 11) is 0. The maximum absolute atomic E-state index is 4.74. The zero-order chi connectivity index (χ0) is 9.38. The highest BCUT2D eigenvalue weighted by Gasteiger charge is 2.25. The second-order valence-electron chi connectivity index (χ2n) is 3.49. The molecule has 1 saturated carbocycles. The first-order valence-electron chi connectivity index (χ1n) is 4.66. The van der Waals surface area contributed by atoms with Crippen molar-refractivity contribution in [3.8, 4) is 11.4 Å². The molecule has 70 valence electrons. The molecule has 0 spiro atoms. The van der Waals surface area contributed by atoms with E-state index in [1.165, 1.54) is 19.1 Å². The van der Waals surface area contributed by atoms with Crippen LogP contribution < -0.4 is 0 Å². The molecule has 0 atom stereocenters. The predicted molar refractivity (Wildman–Crippen MR) is 49.5 cm³/mol. The number of hydrogen-bond acceptors (Lipinski definition) is 4. The third-order valence-corrected chi connectivity index (χ3v) is 2.37. The van der Waals surface area contributed by atoms with Gasteiger partial charge in [0.05, 0.1) is 11.9 Å². The Morgan fingerprint density at radius 2 is 2.07 bits per heavy atom. The van der Waals surface area contributed by atoms with E-state index in [2.05, 4.69) is 15.1 Å². The lowest BCUT2D eigenvalue weighted by Gasteiger charge is -1.97. The monoisotopic (exact) mass is 187 g/mol. The lowest BCUT2D eigenvalue weighted by molar-refractivity contribution is 0.422. The summed E-state index contributed by atoms with van der Waals surface area (Å²) < 4.78 is 4.74. The van der Waals surface area contributed by atoms with E-state index in [0.717, 1.165) is 17.1 Å². The molecule has 2 heterocycles. The van der Waals surface area contributed by atoms with Gasteiger partial charge in [0, 0.05) is 18.2 Å². The summed E-state index contributed by atoms with van der Waals surface area (Å²) in [5.41, 5.74) is 2.60. The molecule has 14 heavy (non-hydrogen) atoms. The summed E-state index contributed by atoms with van der Waals surface area (Å²) in [6, 6.07) is 1.78. The van der Waals surface area contributed by atoms with Gasteiger partial charge in [0.2, 0.25) is 0 Å². The Labute approximate surface area is 81.0 Å². The van der Waals surface area contributed by atoms with E-state index < -0.39 is 0 Å². The Kier molecular flexibility index (Phi) is 1.59. The van der Waals surface area contributed by atoms with Crippen molar-refractivity contribution < 1.29 is 4.52 Å². The maximum Gasteiger partial charge on any atom is 0.133 e. The van der Waals surface area contributed by atoms with Crippen LogP contribution in [0.15, 0.2) is 29.2 Å². The molecule has 1 fully saturated rings. The van der Waals surface area contributed by atoms with Crippen molar-refractivity contribution in [2.24, 2.45) is 0 Å². The van der Waals surface area contributed by atoms with Gasteiger partial charge in [-0.2, -0.15) is 0 Å². The van der Waals surface area contributed by atoms with Gasteiger partial charge in [-0.15, -0.1) is 0 Å². The van der Waals surface area contributed by atoms with E-state index in [9.17, 15) is 0 Å². The molecular formula is C10H9N3O. The van der Waals surface area contributed by atoms with Crippen molar-refractivity contribution in [1.29, 1.82) is 0 Å². The second kappa shape index (κ2) is 2.90. The fraction of sp³-hybridized carbons (Fsp3) is 0.300. The van der Waals surface area contributed by atoms with Crippen LogP contribution in [0.1, 0.15) is 24.5 Å². The van der Waals surface area contributed by atoms with E-state index in [1.54, 1.807) is 12.3 Å². The molecule has 0 amide bonds. The molecule has 0 N–H and O–H groups in total. The Hall–Kier alpha value is -1.71. The van der Waals surface area contributed by atoms with E-state index in [0.29, 0.717) is 5.92 Å². The van der Waals surface area contributed by atoms with Crippen LogP contribution in [0.5, 0.6) is 0 Å². The van der Waals surface area contributed by atoms with Crippen LogP contribution in [0, 0.1) is 0 Å². The van der Waals surface area contributed by atoms with Crippen LogP contribution in [0.4, 0.5) is 0 Å². The molecule has 0 saturated heterocycles. The van der Waals surface area contributed by atoms with E-state index in [1.807, 2.05) is 6.20 Å². The molecule has 2 aromatic rings.